The van der Waals surface area contributed by atoms with Crippen LogP contribution in [-0.2, 0) is 17.8 Å². The highest BCUT2D eigenvalue weighted by Gasteiger charge is 2.33. The smallest absolute Gasteiger partial charge is 0.254 e. The molecule has 3 aromatic rings. The molecule has 4 rings (SSSR count). The molecule has 1 fully saturated rings. The number of thiophene rings is 1. The number of hydrogen-bond donors (Lipinski definition) is 0. The van der Waals surface area contributed by atoms with Crippen LogP contribution in [0.1, 0.15) is 28.8 Å². The van der Waals surface area contributed by atoms with Gasteiger partial charge in [-0.25, -0.2) is 0 Å². The van der Waals surface area contributed by atoms with Crippen LogP contribution in [0.3, 0.4) is 0 Å². The van der Waals surface area contributed by atoms with Crippen molar-refractivity contribution in [3.8, 4) is 0 Å². The Bertz CT molecular complexity index is 964. The van der Waals surface area contributed by atoms with Gasteiger partial charge < -0.3 is 9.80 Å². The predicted octanol–water partition coefficient (Wildman–Crippen LogP) is 3.57. The summed E-state index contributed by atoms with van der Waals surface area (Å²) in [4.78, 5) is 29.6. The number of aromatic nitrogens is 2. The summed E-state index contributed by atoms with van der Waals surface area (Å²) in [6.07, 6.45) is 6.10. The molecule has 31 heavy (non-hydrogen) atoms. The van der Waals surface area contributed by atoms with Crippen molar-refractivity contribution >= 4 is 23.2 Å². The fraction of sp³-hybridized carbons (Fsp3) is 0.375. The molecule has 1 atom stereocenters. The van der Waals surface area contributed by atoms with Crippen molar-refractivity contribution in [3.63, 3.8) is 0 Å². The normalized spacial score (nSPS) is 15.6. The number of benzene rings is 1. The lowest BCUT2D eigenvalue weighted by atomic mass is 9.84. The molecule has 7 heteroatoms. The number of hydrogen-bond acceptors (Lipinski definition) is 4. The van der Waals surface area contributed by atoms with Gasteiger partial charge in [0.15, 0.2) is 0 Å². The van der Waals surface area contributed by atoms with Crippen molar-refractivity contribution in [1.82, 2.24) is 19.6 Å². The van der Waals surface area contributed by atoms with E-state index in [1.807, 2.05) is 64.1 Å². The van der Waals surface area contributed by atoms with E-state index in [9.17, 15) is 9.59 Å². The summed E-state index contributed by atoms with van der Waals surface area (Å²) in [5.41, 5.74) is 1.98. The summed E-state index contributed by atoms with van der Waals surface area (Å²) in [6.45, 7) is 1.72. The summed E-state index contributed by atoms with van der Waals surface area (Å²) in [5, 5.41) is 7.99. The predicted molar refractivity (Wildman–Crippen MR) is 122 cm³/mol. The van der Waals surface area contributed by atoms with E-state index in [-0.39, 0.29) is 24.4 Å². The molecule has 1 saturated heterocycles. The maximum atomic E-state index is 13.1. The molecule has 1 aliphatic rings. The second-order valence-electron chi connectivity index (χ2n) is 8.11. The number of nitrogens with zero attached hydrogens (tertiary/aromatic N) is 4. The Hall–Kier alpha value is -2.93. The first-order valence-electron chi connectivity index (χ1n) is 10.7. The molecule has 0 spiro atoms. The molecule has 2 amide bonds. The lowest BCUT2D eigenvalue weighted by molar-refractivity contribution is -0.133. The fourth-order valence-corrected chi connectivity index (χ4v) is 5.01. The number of likely N-dealkylation sites (N-methyl/N-ethyl adjacent to an activating group) is 1. The lowest BCUT2D eigenvalue weighted by Gasteiger charge is -2.40. The Morgan fingerprint density at radius 1 is 1.16 bits per heavy atom. The van der Waals surface area contributed by atoms with E-state index in [4.69, 9.17) is 0 Å². The fourth-order valence-electron chi connectivity index (χ4n) is 4.38. The zero-order valence-electron chi connectivity index (χ0n) is 17.8. The second kappa shape index (κ2) is 9.92. The molecule has 0 saturated carbocycles. The molecule has 1 aromatic carbocycles. The van der Waals surface area contributed by atoms with E-state index >= 15 is 0 Å². The first-order valence-corrected chi connectivity index (χ1v) is 11.6. The molecular formula is C24H28N4O2S. The van der Waals surface area contributed by atoms with E-state index < -0.39 is 0 Å². The van der Waals surface area contributed by atoms with Gasteiger partial charge in [-0.05, 0) is 48.3 Å². The van der Waals surface area contributed by atoms with Crippen molar-refractivity contribution in [3.05, 3.63) is 76.7 Å². The maximum Gasteiger partial charge on any atom is 0.254 e. The largest absolute Gasteiger partial charge is 0.341 e. The van der Waals surface area contributed by atoms with Crippen molar-refractivity contribution in [2.45, 2.75) is 31.8 Å². The van der Waals surface area contributed by atoms with Crippen LogP contribution in [0.5, 0.6) is 0 Å². The zero-order valence-corrected chi connectivity index (χ0v) is 18.6. The van der Waals surface area contributed by atoms with Crippen LogP contribution in [0.25, 0.3) is 0 Å². The SMILES string of the molecule is CN(C(=O)c1ccsc1)[C@@H](Cc1ccccc1)C1CCN(C(=O)Cn2cccn2)CC1. The Kier molecular flexibility index (Phi) is 6.82. The topological polar surface area (TPSA) is 58.4 Å². The third-order valence-corrected chi connectivity index (χ3v) is 6.85. The minimum Gasteiger partial charge on any atom is -0.341 e. The summed E-state index contributed by atoms with van der Waals surface area (Å²) in [6, 6.07) is 14.2. The van der Waals surface area contributed by atoms with Gasteiger partial charge in [0, 0.05) is 44.0 Å². The summed E-state index contributed by atoms with van der Waals surface area (Å²) in [7, 11) is 1.92. The van der Waals surface area contributed by atoms with Crippen LogP contribution >= 0.6 is 11.3 Å². The minimum atomic E-state index is 0.0689. The molecule has 162 valence electrons. The van der Waals surface area contributed by atoms with Crippen molar-refractivity contribution in [2.75, 3.05) is 20.1 Å². The third kappa shape index (κ3) is 5.22. The van der Waals surface area contributed by atoms with Crippen LogP contribution in [0.2, 0.25) is 0 Å². The van der Waals surface area contributed by atoms with Crippen LogP contribution < -0.4 is 0 Å². The number of likely N-dealkylation sites (tertiary alicyclic amines) is 1. The van der Waals surface area contributed by atoms with Gasteiger partial charge in [0.2, 0.25) is 5.91 Å². The van der Waals surface area contributed by atoms with Crippen molar-refractivity contribution < 1.29 is 9.59 Å². The van der Waals surface area contributed by atoms with Gasteiger partial charge in [0.1, 0.15) is 6.54 Å². The highest BCUT2D eigenvalue weighted by Crippen LogP contribution is 2.28. The summed E-state index contributed by atoms with van der Waals surface area (Å²) in [5.74, 6) is 0.519. The van der Waals surface area contributed by atoms with Crippen LogP contribution in [0, 0.1) is 5.92 Å². The van der Waals surface area contributed by atoms with Gasteiger partial charge in [0.05, 0.1) is 5.56 Å². The van der Waals surface area contributed by atoms with E-state index in [1.54, 1.807) is 22.2 Å². The van der Waals surface area contributed by atoms with Crippen LogP contribution in [-0.4, -0.2) is 57.6 Å². The van der Waals surface area contributed by atoms with Gasteiger partial charge in [-0.2, -0.15) is 16.4 Å². The number of piperidine rings is 1. The average Bonchev–Trinajstić information content (AvgIpc) is 3.52. The van der Waals surface area contributed by atoms with Crippen LogP contribution in [0.4, 0.5) is 0 Å². The average molecular weight is 437 g/mol. The molecule has 6 nitrogen and oxygen atoms in total. The molecule has 2 aromatic heterocycles. The second-order valence-corrected chi connectivity index (χ2v) is 8.89. The van der Waals surface area contributed by atoms with Gasteiger partial charge in [0.25, 0.3) is 5.91 Å². The molecular weight excluding hydrogens is 408 g/mol. The van der Waals surface area contributed by atoms with Crippen molar-refractivity contribution in [1.29, 1.82) is 0 Å². The van der Waals surface area contributed by atoms with Gasteiger partial charge in [-0.1, -0.05) is 30.3 Å². The molecule has 0 radical (unpaired) electrons. The Labute approximate surface area is 187 Å². The summed E-state index contributed by atoms with van der Waals surface area (Å²) < 4.78 is 1.67. The molecule has 0 N–H and O–H groups in total. The maximum absolute atomic E-state index is 13.1. The third-order valence-electron chi connectivity index (χ3n) is 6.17. The molecule has 3 heterocycles. The molecule has 0 aliphatic carbocycles. The monoisotopic (exact) mass is 436 g/mol. The first kappa shape index (κ1) is 21.3. The molecule has 0 bridgehead atoms. The van der Waals surface area contributed by atoms with Gasteiger partial charge in [-0.3, -0.25) is 14.3 Å². The Balaban J connectivity index is 1.44. The van der Waals surface area contributed by atoms with Gasteiger partial charge in [-0.15, -0.1) is 0 Å². The zero-order chi connectivity index (χ0) is 21.6. The first-order chi connectivity index (χ1) is 15.1. The quantitative estimate of drug-likeness (QED) is 0.569. The van der Waals surface area contributed by atoms with E-state index in [0.29, 0.717) is 5.92 Å². The lowest BCUT2D eigenvalue weighted by Crippen LogP contribution is -2.48. The number of amides is 2. The van der Waals surface area contributed by atoms with Gasteiger partial charge >= 0.3 is 0 Å². The van der Waals surface area contributed by atoms with E-state index in [0.717, 1.165) is 37.9 Å². The Morgan fingerprint density at radius 3 is 2.58 bits per heavy atom. The molecule has 1 aliphatic heterocycles. The standard InChI is InChI=1S/C24H28N4O2S/c1-26(24(30)21-10-15-31-18-21)22(16-19-6-3-2-4-7-19)20-8-13-27(14-9-20)23(29)17-28-12-5-11-25-28/h2-7,10-12,15,18,20,22H,8-9,13-14,16-17H2,1H3/t22-/m0/s1. The summed E-state index contributed by atoms with van der Waals surface area (Å²) >= 11 is 1.54. The Morgan fingerprint density at radius 2 is 1.94 bits per heavy atom. The molecule has 0 unspecified atom stereocenters. The number of carbonyl (C=O) groups excluding carboxylic acids is 2. The number of carbonyl (C=O) groups is 2. The van der Waals surface area contributed by atoms with Crippen molar-refractivity contribution in [2.24, 2.45) is 5.92 Å². The highest BCUT2D eigenvalue weighted by molar-refractivity contribution is 7.08. The van der Waals surface area contributed by atoms with E-state index in [1.165, 1.54) is 5.56 Å². The number of rotatable bonds is 7. The van der Waals surface area contributed by atoms with Crippen LogP contribution in [0.15, 0.2) is 65.6 Å². The highest BCUT2D eigenvalue weighted by atomic mass is 32.1. The van der Waals surface area contributed by atoms with E-state index in [2.05, 4.69) is 17.2 Å². The minimum absolute atomic E-state index is 0.0689.